The maximum absolute atomic E-state index is 12.7. The molecule has 12 nitrogen and oxygen atoms in total. The summed E-state index contributed by atoms with van der Waals surface area (Å²) in [6, 6.07) is 0. The summed E-state index contributed by atoms with van der Waals surface area (Å²) in [6.07, 6.45) is 20.8. The first-order chi connectivity index (χ1) is 24.1. The van der Waals surface area contributed by atoms with Gasteiger partial charge in [0.2, 0.25) is 0 Å². The zero-order valence-corrected chi connectivity index (χ0v) is 31.5. The lowest BCUT2D eigenvalue weighted by atomic mass is 9.99. The van der Waals surface area contributed by atoms with Gasteiger partial charge in [-0.2, -0.15) is 8.42 Å². The van der Waals surface area contributed by atoms with E-state index in [1.54, 1.807) is 0 Å². The lowest BCUT2D eigenvalue weighted by molar-refractivity contribution is -0.301. The maximum atomic E-state index is 12.7. The quantitative estimate of drug-likeness (QED) is 0.0255. The molecule has 1 fully saturated rings. The van der Waals surface area contributed by atoms with Gasteiger partial charge in [-0.1, -0.05) is 122 Å². The number of unbranched alkanes of at least 4 members (excludes halogenated alkanes) is 15. The smallest absolute Gasteiger partial charge is 0.397 e. The van der Waals surface area contributed by atoms with Crippen molar-refractivity contribution in [3.63, 3.8) is 0 Å². The van der Waals surface area contributed by atoms with Gasteiger partial charge in [0.25, 0.3) is 0 Å². The van der Waals surface area contributed by atoms with Gasteiger partial charge < -0.3 is 34.3 Å². The minimum absolute atomic E-state index is 0.0324. The van der Waals surface area contributed by atoms with Crippen molar-refractivity contribution in [1.29, 1.82) is 0 Å². The van der Waals surface area contributed by atoms with Gasteiger partial charge >= 0.3 is 16.4 Å². The number of hydrogen-bond acceptors (Lipinski definition) is 11. The molecular formula is C37H68O12S. The van der Waals surface area contributed by atoms with Crippen LogP contribution in [0, 0.1) is 0 Å². The number of rotatable bonds is 32. The van der Waals surface area contributed by atoms with Crippen LogP contribution in [-0.4, -0.2) is 97.5 Å². The van der Waals surface area contributed by atoms with Crippen LogP contribution in [-0.2, 0) is 38.3 Å². The van der Waals surface area contributed by atoms with E-state index in [1.807, 2.05) is 0 Å². The predicted octanol–water partition coefficient (Wildman–Crippen LogP) is 6.51. The number of carbonyl (C=O) groups excluding carboxylic acids is 1. The van der Waals surface area contributed by atoms with Gasteiger partial charge in [-0.05, 0) is 38.5 Å². The Balaban J connectivity index is 2.52. The summed E-state index contributed by atoms with van der Waals surface area (Å²) in [7, 11) is -5.05. The second kappa shape index (κ2) is 30.1. The number of carbonyl (C=O) groups is 1. The SMILES string of the molecule is CCCC/C=C\C/C=C\CCCCCCCC(=O)OC(COCCCCCCCCCCC)COC1OC(CO)C(O)C(OS(=O)(=O)O)C1O. The number of ether oxygens (including phenoxy) is 4. The number of aliphatic hydroxyl groups excluding tert-OH is 3. The Labute approximate surface area is 301 Å². The molecule has 0 spiro atoms. The molecular weight excluding hydrogens is 668 g/mol. The van der Waals surface area contributed by atoms with Crippen molar-refractivity contribution in [3.8, 4) is 0 Å². The molecule has 0 amide bonds. The van der Waals surface area contributed by atoms with Gasteiger partial charge in [-0.15, -0.1) is 0 Å². The van der Waals surface area contributed by atoms with Crippen molar-refractivity contribution in [2.45, 2.75) is 179 Å². The van der Waals surface area contributed by atoms with Crippen molar-refractivity contribution < 1.29 is 56.2 Å². The molecule has 294 valence electrons. The zero-order valence-electron chi connectivity index (χ0n) is 30.7. The summed E-state index contributed by atoms with van der Waals surface area (Å²) in [6.45, 7) is 3.89. The molecule has 1 aliphatic heterocycles. The molecule has 1 heterocycles. The monoisotopic (exact) mass is 736 g/mol. The van der Waals surface area contributed by atoms with Crippen LogP contribution >= 0.6 is 0 Å². The summed E-state index contributed by atoms with van der Waals surface area (Å²) in [5.41, 5.74) is 0. The first-order valence-corrected chi connectivity index (χ1v) is 20.5. The standard InChI is InChI=1S/C37H68O12S/c1-3-5-7-9-11-13-14-15-16-17-18-20-22-24-26-33(39)47-31(29-45-27-25-23-21-19-12-10-8-6-4-2)30-46-37-35(41)36(49-50(42,43)44)34(40)32(28-38)48-37/h9,11,14-15,31-32,34-38,40-41H,3-8,10,12-13,16-30H2,1-2H3,(H,42,43,44)/b11-9-,15-14-. The molecule has 0 aromatic carbocycles. The van der Waals surface area contributed by atoms with Crippen LogP contribution in [0.15, 0.2) is 24.3 Å². The normalized spacial score (nSPS) is 22.1. The molecule has 6 atom stereocenters. The molecule has 0 saturated carbocycles. The third-order valence-corrected chi connectivity index (χ3v) is 9.04. The predicted molar refractivity (Wildman–Crippen MR) is 193 cm³/mol. The molecule has 50 heavy (non-hydrogen) atoms. The van der Waals surface area contributed by atoms with E-state index in [4.69, 9.17) is 23.5 Å². The lowest BCUT2D eigenvalue weighted by Gasteiger charge is -2.41. The average Bonchev–Trinajstić information content (AvgIpc) is 3.08. The third kappa shape index (κ3) is 23.9. The van der Waals surface area contributed by atoms with E-state index in [-0.39, 0.29) is 19.6 Å². The van der Waals surface area contributed by atoms with Gasteiger partial charge in [0.15, 0.2) is 6.29 Å². The number of esters is 1. The molecule has 1 rings (SSSR count). The fraction of sp³-hybridized carbons (Fsp3) is 0.865. The number of hydrogen-bond donors (Lipinski definition) is 4. The van der Waals surface area contributed by atoms with E-state index in [0.717, 1.165) is 64.2 Å². The van der Waals surface area contributed by atoms with Gasteiger partial charge in [0.1, 0.15) is 30.5 Å². The van der Waals surface area contributed by atoms with Crippen LogP contribution in [0.3, 0.4) is 0 Å². The number of aliphatic hydroxyl groups is 3. The molecule has 0 bridgehead atoms. The minimum Gasteiger partial charge on any atom is -0.457 e. The van der Waals surface area contributed by atoms with Crippen molar-refractivity contribution in [2.24, 2.45) is 0 Å². The van der Waals surface area contributed by atoms with Gasteiger partial charge in [0, 0.05) is 13.0 Å². The summed E-state index contributed by atoms with van der Waals surface area (Å²) < 4.78 is 58.7. The molecule has 0 radical (unpaired) electrons. The highest BCUT2D eigenvalue weighted by Crippen LogP contribution is 2.26. The van der Waals surface area contributed by atoms with E-state index in [2.05, 4.69) is 42.3 Å². The molecule has 4 N–H and O–H groups in total. The molecule has 1 saturated heterocycles. The second-order valence-electron chi connectivity index (χ2n) is 13.2. The average molecular weight is 737 g/mol. The second-order valence-corrected chi connectivity index (χ2v) is 14.2. The van der Waals surface area contributed by atoms with Crippen molar-refractivity contribution >= 4 is 16.4 Å². The molecule has 0 aromatic rings. The Bertz CT molecular complexity index is 989. The molecule has 1 aliphatic rings. The van der Waals surface area contributed by atoms with Crippen molar-refractivity contribution in [3.05, 3.63) is 24.3 Å². The van der Waals surface area contributed by atoms with E-state index in [1.165, 1.54) is 51.4 Å². The first kappa shape index (κ1) is 46.6. The summed E-state index contributed by atoms with van der Waals surface area (Å²) in [5.74, 6) is -0.415. The van der Waals surface area contributed by atoms with Gasteiger partial charge in [-0.3, -0.25) is 9.35 Å². The Morgan fingerprint density at radius 2 is 1.34 bits per heavy atom. The zero-order chi connectivity index (χ0) is 36.9. The summed E-state index contributed by atoms with van der Waals surface area (Å²) in [5, 5.41) is 30.5. The highest BCUT2D eigenvalue weighted by Gasteiger charge is 2.48. The summed E-state index contributed by atoms with van der Waals surface area (Å²) in [4.78, 5) is 12.7. The summed E-state index contributed by atoms with van der Waals surface area (Å²) >= 11 is 0. The number of allylic oxidation sites excluding steroid dienone is 4. The maximum Gasteiger partial charge on any atom is 0.397 e. The van der Waals surface area contributed by atoms with Crippen LogP contribution in [0.25, 0.3) is 0 Å². The van der Waals surface area contributed by atoms with Crippen molar-refractivity contribution in [2.75, 3.05) is 26.4 Å². The largest absolute Gasteiger partial charge is 0.457 e. The van der Waals surface area contributed by atoms with Crippen molar-refractivity contribution in [1.82, 2.24) is 0 Å². The van der Waals surface area contributed by atoms with E-state index in [9.17, 15) is 28.5 Å². The van der Waals surface area contributed by atoms with Gasteiger partial charge in [0.05, 0.1) is 19.8 Å². The highest BCUT2D eigenvalue weighted by atomic mass is 32.3. The minimum atomic E-state index is -5.05. The van der Waals surface area contributed by atoms with Gasteiger partial charge in [-0.25, -0.2) is 4.18 Å². The van der Waals surface area contributed by atoms with E-state index in [0.29, 0.717) is 13.0 Å². The van der Waals surface area contributed by atoms with Crippen LogP contribution in [0.1, 0.15) is 142 Å². The molecule has 0 aromatic heterocycles. The van der Waals surface area contributed by atoms with Crippen LogP contribution in [0.5, 0.6) is 0 Å². The molecule has 6 unspecified atom stereocenters. The Kier molecular flexibility index (Phi) is 28.0. The Morgan fingerprint density at radius 3 is 1.96 bits per heavy atom. The first-order valence-electron chi connectivity index (χ1n) is 19.1. The van der Waals surface area contributed by atoms with Crippen LogP contribution in [0.2, 0.25) is 0 Å². The molecule has 0 aliphatic carbocycles. The molecule has 13 heteroatoms. The third-order valence-electron chi connectivity index (χ3n) is 8.58. The fourth-order valence-electron chi connectivity index (χ4n) is 5.63. The topological polar surface area (TPSA) is 178 Å². The fourth-order valence-corrected chi connectivity index (χ4v) is 6.14. The van der Waals surface area contributed by atoms with Crippen LogP contribution < -0.4 is 0 Å². The van der Waals surface area contributed by atoms with E-state index >= 15 is 0 Å². The Hall–Kier alpha value is -1.42. The lowest BCUT2D eigenvalue weighted by Crippen LogP contribution is -2.60. The van der Waals surface area contributed by atoms with Crippen LogP contribution in [0.4, 0.5) is 0 Å². The Morgan fingerprint density at radius 1 is 0.760 bits per heavy atom. The van der Waals surface area contributed by atoms with E-state index < -0.39 is 59.8 Å². The highest BCUT2D eigenvalue weighted by molar-refractivity contribution is 7.80.